The Kier molecular flexibility index (Phi) is 5.53. The van der Waals surface area contributed by atoms with Crippen LogP contribution in [-0.4, -0.2) is 30.6 Å². The molecule has 2 unspecified atom stereocenters. The van der Waals surface area contributed by atoms with Crippen LogP contribution in [-0.2, 0) is 12.6 Å². The highest BCUT2D eigenvalue weighted by atomic mass is 19.4. The number of ether oxygens (including phenoxy) is 1. The number of nitrogens with two attached hydrogens (primary N) is 1. The second-order valence-corrected chi connectivity index (χ2v) is 6.81. The van der Waals surface area contributed by atoms with Gasteiger partial charge >= 0.3 is 6.18 Å². The summed E-state index contributed by atoms with van der Waals surface area (Å²) in [5, 5.41) is 0. The van der Waals surface area contributed by atoms with Crippen LogP contribution in [0.15, 0.2) is 48.5 Å². The molecule has 1 heterocycles. The monoisotopic (exact) mass is 364 g/mol. The molecule has 2 atom stereocenters. The summed E-state index contributed by atoms with van der Waals surface area (Å²) in [6, 6.07) is 13.0. The molecule has 0 saturated heterocycles. The van der Waals surface area contributed by atoms with Crippen molar-refractivity contribution in [1.29, 1.82) is 0 Å². The van der Waals surface area contributed by atoms with E-state index in [2.05, 4.69) is 11.0 Å². The van der Waals surface area contributed by atoms with Crippen molar-refractivity contribution in [3.8, 4) is 5.75 Å². The summed E-state index contributed by atoms with van der Waals surface area (Å²) in [6.45, 7) is 4.25. The quantitative estimate of drug-likeness (QED) is 0.890. The molecule has 6 heteroatoms. The van der Waals surface area contributed by atoms with E-state index < -0.39 is 11.7 Å². The smallest absolute Gasteiger partial charge is 0.416 e. The largest absolute Gasteiger partial charge is 0.484 e. The summed E-state index contributed by atoms with van der Waals surface area (Å²) < 4.78 is 44.3. The minimum atomic E-state index is -4.35. The van der Waals surface area contributed by atoms with Crippen molar-refractivity contribution in [2.45, 2.75) is 31.7 Å². The minimum absolute atomic E-state index is 0.0444. The van der Waals surface area contributed by atoms with Gasteiger partial charge in [0.1, 0.15) is 11.9 Å². The van der Waals surface area contributed by atoms with Gasteiger partial charge in [-0.15, -0.1) is 0 Å². The van der Waals surface area contributed by atoms with E-state index in [4.69, 9.17) is 10.5 Å². The van der Waals surface area contributed by atoms with E-state index in [0.29, 0.717) is 12.3 Å². The first-order chi connectivity index (χ1) is 12.3. The third kappa shape index (κ3) is 4.56. The Bertz CT molecular complexity index is 729. The molecule has 0 spiro atoms. The fraction of sp³-hybridized carbons (Fsp3) is 0.400. The van der Waals surface area contributed by atoms with Crippen molar-refractivity contribution in [3.05, 3.63) is 65.2 Å². The molecular formula is C20H23F3N2O. The predicted octanol–water partition coefficient (Wildman–Crippen LogP) is 4.03. The first kappa shape index (κ1) is 18.7. The van der Waals surface area contributed by atoms with Gasteiger partial charge in [-0.25, -0.2) is 0 Å². The lowest BCUT2D eigenvalue weighted by molar-refractivity contribution is -0.137. The number of hydrogen-bond donors (Lipinski definition) is 1. The number of benzene rings is 2. The average Bonchev–Trinajstić information content (AvgIpc) is 2.74. The highest BCUT2D eigenvalue weighted by Crippen LogP contribution is 2.32. The Morgan fingerprint density at radius 3 is 2.50 bits per heavy atom. The van der Waals surface area contributed by atoms with Crippen LogP contribution in [0, 0.1) is 0 Å². The van der Waals surface area contributed by atoms with Crippen LogP contribution in [0.25, 0.3) is 0 Å². The van der Waals surface area contributed by atoms with E-state index in [0.717, 1.165) is 37.2 Å². The molecule has 0 aromatic heterocycles. The number of hydrogen-bond acceptors (Lipinski definition) is 3. The van der Waals surface area contributed by atoms with Gasteiger partial charge in [-0.05, 0) is 48.7 Å². The van der Waals surface area contributed by atoms with Crippen molar-refractivity contribution in [2.75, 3.05) is 19.6 Å². The highest BCUT2D eigenvalue weighted by Gasteiger charge is 2.30. The Morgan fingerprint density at radius 1 is 1.15 bits per heavy atom. The van der Waals surface area contributed by atoms with Crippen LogP contribution in [0.3, 0.4) is 0 Å². The molecule has 3 rings (SSSR count). The first-order valence-corrected chi connectivity index (χ1v) is 8.72. The zero-order valence-electron chi connectivity index (χ0n) is 14.7. The molecule has 26 heavy (non-hydrogen) atoms. The third-order valence-corrected chi connectivity index (χ3v) is 4.53. The molecule has 0 fully saturated rings. The van der Waals surface area contributed by atoms with E-state index in [1.54, 1.807) is 0 Å². The van der Waals surface area contributed by atoms with Gasteiger partial charge < -0.3 is 10.5 Å². The number of nitrogens with zero attached hydrogens (tertiary/aromatic N) is 1. The number of alkyl halides is 3. The molecule has 0 radical (unpaired) electrons. The summed E-state index contributed by atoms with van der Waals surface area (Å²) in [5.74, 6) is 0.431. The Hall–Kier alpha value is -2.05. The fourth-order valence-electron chi connectivity index (χ4n) is 3.34. The molecule has 1 aliphatic heterocycles. The second-order valence-electron chi connectivity index (χ2n) is 6.81. The van der Waals surface area contributed by atoms with Crippen molar-refractivity contribution >= 4 is 0 Å². The molecule has 1 aliphatic rings. The predicted molar refractivity (Wildman–Crippen MR) is 95.0 cm³/mol. The molecule has 3 nitrogen and oxygen atoms in total. The van der Waals surface area contributed by atoms with Gasteiger partial charge in [0.2, 0.25) is 0 Å². The molecule has 0 saturated carbocycles. The van der Waals surface area contributed by atoms with Gasteiger partial charge in [0.05, 0.1) is 5.56 Å². The normalized spacial score (nSPS) is 19.5. The molecule has 2 aromatic rings. The van der Waals surface area contributed by atoms with E-state index in [9.17, 15) is 13.2 Å². The number of fused-ring (bicyclic) bond motifs is 1. The van der Waals surface area contributed by atoms with Gasteiger partial charge in [0.15, 0.2) is 0 Å². The summed E-state index contributed by atoms with van der Waals surface area (Å²) in [4.78, 5) is 2.25. The van der Waals surface area contributed by atoms with Crippen LogP contribution >= 0.6 is 0 Å². The van der Waals surface area contributed by atoms with Crippen molar-refractivity contribution < 1.29 is 17.9 Å². The van der Waals surface area contributed by atoms with E-state index in [-0.39, 0.29) is 12.1 Å². The molecule has 0 aliphatic carbocycles. The van der Waals surface area contributed by atoms with Crippen LogP contribution in [0.5, 0.6) is 5.75 Å². The van der Waals surface area contributed by atoms with Gasteiger partial charge in [-0.1, -0.05) is 24.3 Å². The summed E-state index contributed by atoms with van der Waals surface area (Å²) in [5.41, 5.74) is 7.56. The van der Waals surface area contributed by atoms with Crippen LogP contribution in [0.2, 0.25) is 0 Å². The molecule has 2 aromatic carbocycles. The first-order valence-electron chi connectivity index (χ1n) is 8.72. The van der Waals surface area contributed by atoms with Crippen LogP contribution in [0.4, 0.5) is 13.2 Å². The average molecular weight is 364 g/mol. The van der Waals surface area contributed by atoms with E-state index >= 15 is 0 Å². The standard InChI is InChI=1S/C20H23F3N2O/c1-14(24)12-25-11-10-15-4-2-3-5-18(15)19(13-25)26-17-8-6-16(7-9-17)20(21,22)23/h2-9,14,19H,10-13,24H2,1H3. The number of rotatable bonds is 4. The summed E-state index contributed by atoms with van der Waals surface area (Å²) in [7, 11) is 0. The molecule has 2 N–H and O–H groups in total. The minimum Gasteiger partial charge on any atom is -0.484 e. The molecule has 140 valence electrons. The Balaban J connectivity index is 1.83. The zero-order chi connectivity index (χ0) is 18.7. The third-order valence-electron chi connectivity index (χ3n) is 4.53. The maximum Gasteiger partial charge on any atom is 0.416 e. The molecular weight excluding hydrogens is 341 g/mol. The Morgan fingerprint density at radius 2 is 1.85 bits per heavy atom. The van der Waals surface area contributed by atoms with Crippen LogP contribution < -0.4 is 10.5 Å². The van der Waals surface area contributed by atoms with Crippen molar-refractivity contribution in [3.63, 3.8) is 0 Å². The van der Waals surface area contributed by atoms with Gasteiger partial charge in [-0.2, -0.15) is 13.2 Å². The number of halogens is 3. The summed E-state index contributed by atoms with van der Waals surface area (Å²) in [6.07, 6.45) is -3.69. The van der Waals surface area contributed by atoms with Gasteiger partial charge in [0.25, 0.3) is 0 Å². The second kappa shape index (κ2) is 7.68. The van der Waals surface area contributed by atoms with E-state index in [1.165, 1.54) is 17.7 Å². The van der Waals surface area contributed by atoms with Crippen LogP contribution in [0.1, 0.15) is 29.7 Å². The zero-order valence-corrected chi connectivity index (χ0v) is 14.7. The van der Waals surface area contributed by atoms with Crippen molar-refractivity contribution in [1.82, 2.24) is 4.90 Å². The fourth-order valence-corrected chi connectivity index (χ4v) is 3.34. The lowest BCUT2D eigenvalue weighted by Crippen LogP contribution is -2.38. The SMILES string of the molecule is CC(N)CN1CCc2ccccc2C(Oc2ccc(C(F)(F)F)cc2)C1. The van der Waals surface area contributed by atoms with Crippen molar-refractivity contribution in [2.24, 2.45) is 5.73 Å². The maximum atomic E-state index is 12.7. The lowest BCUT2D eigenvalue weighted by atomic mass is 10.0. The lowest BCUT2D eigenvalue weighted by Gasteiger charge is -2.27. The molecule has 0 amide bonds. The maximum absolute atomic E-state index is 12.7. The highest BCUT2D eigenvalue weighted by molar-refractivity contribution is 5.34. The van der Waals surface area contributed by atoms with Gasteiger partial charge in [0, 0.05) is 25.7 Å². The topological polar surface area (TPSA) is 38.5 Å². The van der Waals surface area contributed by atoms with Gasteiger partial charge in [-0.3, -0.25) is 4.90 Å². The summed E-state index contributed by atoms with van der Waals surface area (Å²) >= 11 is 0. The molecule has 0 bridgehead atoms. The Labute approximate surface area is 151 Å². The van der Waals surface area contributed by atoms with E-state index in [1.807, 2.05) is 25.1 Å².